The Kier molecular flexibility index (Phi) is 7.13. The Morgan fingerprint density at radius 1 is 1.17 bits per heavy atom. The van der Waals surface area contributed by atoms with Crippen LogP contribution in [0, 0.1) is 0 Å². The van der Waals surface area contributed by atoms with Gasteiger partial charge in [-0.1, -0.05) is 53.7 Å². The minimum atomic E-state index is -1.43. The number of hydrogen-bond donors (Lipinski definition) is 3. The molecule has 0 aliphatic carbocycles. The molecule has 0 saturated heterocycles. The van der Waals surface area contributed by atoms with Crippen molar-refractivity contribution in [3.8, 4) is 11.1 Å². The SMILES string of the molecule is CS(=O)C(CC1CC(c2ccc(-c3ccc(CCO)cc3)cc2)=NO1)C(=O)NO. The molecule has 3 atom stereocenters. The van der Waals surface area contributed by atoms with E-state index in [0.29, 0.717) is 12.8 Å². The first kappa shape index (κ1) is 21.2. The fraction of sp³-hybridized carbons (Fsp3) is 0.333. The summed E-state index contributed by atoms with van der Waals surface area (Å²) in [5, 5.41) is 21.1. The van der Waals surface area contributed by atoms with Crippen LogP contribution >= 0.6 is 0 Å². The maximum atomic E-state index is 11.7. The second-order valence-electron chi connectivity index (χ2n) is 6.92. The van der Waals surface area contributed by atoms with Crippen molar-refractivity contribution in [2.45, 2.75) is 30.6 Å². The number of hydroxylamine groups is 1. The molecule has 29 heavy (non-hydrogen) atoms. The van der Waals surface area contributed by atoms with Gasteiger partial charge in [0.05, 0.1) is 5.71 Å². The predicted molar refractivity (Wildman–Crippen MR) is 111 cm³/mol. The van der Waals surface area contributed by atoms with Crippen LogP contribution in [0.25, 0.3) is 11.1 Å². The number of carbonyl (C=O) groups excluding carboxylic acids is 1. The number of aliphatic hydroxyl groups is 1. The van der Waals surface area contributed by atoms with Crippen molar-refractivity contribution < 1.29 is 24.2 Å². The lowest BCUT2D eigenvalue weighted by molar-refractivity contribution is -0.129. The second-order valence-corrected chi connectivity index (χ2v) is 8.48. The van der Waals surface area contributed by atoms with Crippen LogP contribution in [-0.4, -0.2) is 50.4 Å². The lowest BCUT2D eigenvalue weighted by Crippen LogP contribution is -2.37. The van der Waals surface area contributed by atoms with Crippen LogP contribution in [0.3, 0.4) is 0 Å². The molecule has 154 valence electrons. The van der Waals surface area contributed by atoms with E-state index in [1.54, 1.807) is 5.48 Å². The van der Waals surface area contributed by atoms with E-state index in [-0.39, 0.29) is 19.1 Å². The van der Waals surface area contributed by atoms with Crippen LogP contribution < -0.4 is 5.48 Å². The van der Waals surface area contributed by atoms with Crippen molar-refractivity contribution >= 4 is 22.4 Å². The fourth-order valence-electron chi connectivity index (χ4n) is 3.28. The summed E-state index contributed by atoms with van der Waals surface area (Å²) in [7, 11) is -1.43. The lowest BCUT2D eigenvalue weighted by atomic mass is 9.98. The van der Waals surface area contributed by atoms with Crippen LogP contribution in [0.1, 0.15) is 24.0 Å². The van der Waals surface area contributed by atoms with E-state index in [9.17, 15) is 9.00 Å². The molecule has 8 heteroatoms. The summed E-state index contributed by atoms with van der Waals surface area (Å²) in [6.07, 6.45) is 2.41. The number of carbonyl (C=O) groups is 1. The number of rotatable bonds is 8. The zero-order valence-electron chi connectivity index (χ0n) is 16.1. The highest BCUT2D eigenvalue weighted by Crippen LogP contribution is 2.25. The van der Waals surface area contributed by atoms with E-state index >= 15 is 0 Å². The van der Waals surface area contributed by atoms with Gasteiger partial charge in [-0.15, -0.1) is 0 Å². The summed E-state index contributed by atoms with van der Waals surface area (Å²) in [4.78, 5) is 17.1. The van der Waals surface area contributed by atoms with Gasteiger partial charge in [-0.2, -0.15) is 0 Å². The first-order valence-electron chi connectivity index (χ1n) is 9.31. The van der Waals surface area contributed by atoms with E-state index in [1.807, 2.05) is 48.5 Å². The van der Waals surface area contributed by atoms with Gasteiger partial charge in [-0.25, -0.2) is 5.48 Å². The van der Waals surface area contributed by atoms with Gasteiger partial charge in [0, 0.05) is 36.5 Å². The molecular weight excluding hydrogens is 392 g/mol. The first-order valence-corrected chi connectivity index (χ1v) is 10.9. The molecule has 0 bridgehead atoms. The van der Waals surface area contributed by atoms with E-state index in [1.165, 1.54) is 6.26 Å². The molecule has 1 heterocycles. The van der Waals surface area contributed by atoms with Gasteiger partial charge in [0.25, 0.3) is 5.91 Å². The third kappa shape index (κ3) is 5.29. The summed E-state index contributed by atoms with van der Waals surface area (Å²) in [5.41, 5.74) is 6.50. The van der Waals surface area contributed by atoms with Crippen molar-refractivity contribution in [2.24, 2.45) is 5.16 Å². The summed E-state index contributed by atoms with van der Waals surface area (Å²) >= 11 is 0. The number of oxime groups is 1. The number of nitrogens with zero attached hydrogens (tertiary/aromatic N) is 1. The first-order chi connectivity index (χ1) is 14.0. The Balaban J connectivity index is 1.63. The third-order valence-electron chi connectivity index (χ3n) is 4.92. The molecule has 0 spiro atoms. The topological polar surface area (TPSA) is 108 Å². The predicted octanol–water partition coefficient (Wildman–Crippen LogP) is 2.02. The Hall–Kier alpha value is -2.55. The molecular formula is C21H24N2O5S. The normalized spacial score (nSPS) is 17.9. The average molecular weight is 416 g/mol. The Morgan fingerprint density at radius 2 is 1.76 bits per heavy atom. The Bertz CT molecular complexity index is 896. The molecule has 3 rings (SSSR count). The summed E-state index contributed by atoms with van der Waals surface area (Å²) < 4.78 is 11.7. The molecule has 0 aromatic heterocycles. The largest absolute Gasteiger partial charge is 0.396 e. The fourth-order valence-corrected chi connectivity index (χ4v) is 4.12. The van der Waals surface area contributed by atoms with Gasteiger partial charge in [0.2, 0.25) is 0 Å². The monoisotopic (exact) mass is 416 g/mol. The summed E-state index contributed by atoms with van der Waals surface area (Å²) in [6, 6.07) is 16.0. The third-order valence-corrected chi connectivity index (χ3v) is 6.13. The average Bonchev–Trinajstić information content (AvgIpc) is 3.21. The highest BCUT2D eigenvalue weighted by atomic mass is 32.2. The maximum Gasteiger partial charge on any atom is 0.259 e. The van der Waals surface area contributed by atoms with Crippen LogP contribution in [0.2, 0.25) is 0 Å². The quantitative estimate of drug-likeness (QED) is 0.451. The highest BCUT2D eigenvalue weighted by Gasteiger charge is 2.31. The van der Waals surface area contributed by atoms with Crippen LogP contribution in [0.5, 0.6) is 0 Å². The standard InChI is InChI=1S/C21H24N2O5S/c1-29(27)20(21(25)22-26)13-18-12-19(23-28-18)17-8-6-16(7-9-17)15-4-2-14(3-5-15)10-11-24/h2-9,18,20,24,26H,10-13H2,1H3,(H,22,25). The smallest absolute Gasteiger partial charge is 0.259 e. The van der Waals surface area contributed by atoms with Gasteiger partial charge in [-0.3, -0.25) is 14.2 Å². The van der Waals surface area contributed by atoms with Crippen LogP contribution in [-0.2, 0) is 26.9 Å². The van der Waals surface area contributed by atoms with Crippen molar-refractivity contribution in [3.05, 3.63) is 59.7 Å². The summed E-state index contributed by atoms with van der Waals surface area (Å²) in [6.45, 7) is 0.138. The molecule has 3 N–H and O–H groups in total. The second kappa shape index (κ2) is 9.78. The molecule has 3 unspecified atom stereocenters. The molecule has 0 radical (unpaired) electrons. The number of aliphatic hydroxyl groups excluding tert-OH is 1. The van der Waals surface area contributed by atoms with Crippen LogP contribution in [0.4, 0.5) is 0 Å². The van der Waals surface area contributed by atoms with Gasteiger partial charge >= 0.3 is 0 Å². The zero-order valence-corrected chi connectivity index (χ0v) is 16.9. The molecule has 2 aromatic rings. The summed E-state index contributed by atoms with van der Waals surface area (Å²) in [5.74, 6) is -0.683. The van der Waals surface area contributed by atoms with Crippen molar-refractivity contribution in [1.29, 1.82) is 0 Å². The van der Waals surface area contributed by atoms with Crippen molar-refractivity contribution in [3.63, 3.8) is 0 Å². The van der Waals surface area contributed by atoms with E-state index in [2.05, 4.69) is 5.16 Å². The molecule has 0 fully saturated rings. The number of hydrogen-bond acceptors (Lipinski definition) is 6. The molecule has 2 aromatic carbocycles. The van der Waals surface area contributed by atoms with E-state index in [4.69, 9.17) is 15.2 Å². The van der Waals surface area contributed by atoms with Gasteiger partial charge in [0.15, 0.2) is 0 Å². The van der Waals surface area contributed by atoms with Crippen molar-refractivity contribution in [1.82, 2.24) is 5.48 Å². The maximum absolute atomic E-state index is 11.7. The van der Waals surface area contributed by atoms with Crippen LogP contribution in [0.15, 0.2) is 53.7 Å². The number of amides is 1. The highest BCUT2D eigenvalue weighted by molar-refractivity contribution is 7.85. The van der Waals surface area contributed by atoms with Gasteiger partial charge in [-0.05, 0) is 28.7 Å². The molecule has 1 aliphatic rings. The molecule has 1 amide bonds. The van der Waals surface area contributed by atoms with Crippen molar-refractivity contribution in [2.75, 3.05) is 12.9 Å². The van der Waals surface area contributed by atoms with Gasteiger partial charge in [0.1, 0.15) is 11.4 Å². The van der Waals surface area contributed by atoms with Gasteiger partial charge < -0.3 is 9.94 Å². The Morgan fingerprint density at radius 3 is 2.31 bits per heavy atom. The lowest BCUT2D eigenvalue weighted by Gasteiger charge is -2.15. The van der Waals surface area contributed by atoms with E-state index in [0.717, 1.165) is 28.0 Å². The molecule has 7 nitrogen and oxygen atoms in total. The molecule has 1 aliphatic heterocycles. The molecule has 0 saturated carbocycles. The minimum Gasteiger partial charge on any atom is -0.396 e. The Labute approximate surface area is 171 Å². The minimum absolute atomic E-state index is 0.138. The van der Waals surface area contributed by atoms with E-state index < -0.39 is 22.0 Å². The zero-order chi connectivity index (χ0) is 20.8. The number of nitrogens with one attached hydrogen (secondary N) is 1. The number of benzene rings is 2.